The number of hydrogen-bond acceptors (Lipinski definition) is 5. The van der Waals surface area contributed by atoms with Gasteiger partial charge in [0.25, 0.3) is 0 Å². The van der Waals surface area contributed by atoms with Crippen LogP contribution in [-0.2, 0) is 14.3 Å². The maximum atomic E-state index is 12.6. The molecular weight excluding hydrogens is 1160 g/mol. The van der Waals surface area contributed by atoms with Crippen molar-refractivity contribution in [3.63, 3.8) is 0 Å². The van der Waals surface area contributed by atoms with E-state index in [9.17, 15) is 19.8 Å². The summed E-state index contributed by atoms with van der Waals surface area (Å²) in [6.07, 6.45) is 111. The fourth-order valence-corrected chi connectivity index (χ4v) is 14.0. The number of aliphatic hydroxyl groups excluding tert-OH is 2. The molecule has 0 heterocycles. The van der Waals surface area contributed by atoms with E-state index in [4.69, 9.17) is 4.74 Å². The van der Waals surface area contributed by atoms with Crippen molar-refractivity contribution in [2.75, 3.05) is 13.2 Å². The predicted molar refractivity (Wildman–Crippen MR) is 421 cm³/mol. The molecule has 95 heavy (non-hydrogen) atoms. The molecule has 6 nitrogen and oxygen atoms in total. The van der Waals surface area contributed by atoms with Crippen molar-refractivity contribution < 1.29 is 24.5 Å². The molecule has 1 amide bonds. The van der Waals surface area contributed by atoms with Gasteiger partial charge in [-0.15, -0.1) is 0 Å². The van der Waals surface area contributed by atoms with E-state index in [-0.39, 0.29) is 18.5 Å². The van der Waals surface area contributed by atoms with E-state index in [2.05, 4.69) is 55.6 Å². The van der Waals surface area contributed by atoms with Crippen LogP contribution < -0.4 is 5.32 Å². The second-order valence-electron chi connectivity index (χ2n) is 30.2. The Labute approximate surface area is 595 Å². The van der Waals surface area contributed by atoms with E-state index in [1.165, 1.54) is 411 Å². The number of hydrogen-bond donors (Lipinski definition) is 3. The van der Waals surface area contributed by atoms with Gasteiger partial charge in [-0.3, -0.25) is 9.59 Å². The lowest BCUT2D eigenvalue weighted by Gasteiger charge is -2.22. The number of nitrogens with one attached hydrogen (secondary N) is 1. The van der Waals surface area contributed by atoms with Crippen LogP contribution in [-0.4, -0.2) is 47.4 Å². The second-order valence-corrected chi connectivity index (χ2v) is 30.2. The first-order chi connectivity index (χ1) is 47.0. The summed E-state index contributed by atoms with van der Waals surface area (Å²) in [5, 5.41) is 23.5. The summed E-state index contributed by atoms with van der Waals surface area (Å²) in [4.78, 5) is 24.7. The van der Waals surface area contributed by atoms with Gasteiger partial charge in [-0.2, -0.15) is 0 Å². The van der Waals surface area contributed by atoms with Gasteiger partial charge in [0.05, 0.1) is 25.4 Å². The lowest BCUT2D eigenvalue weighted by Crippen LogP contribution is -2.45. The molecule has 3 N–H and O–H groups in total. The van der Waals surface area contributed by atoms with E-state index >= 15 is 0 Å². The molecular formula is C89H171NO5. The molecule has 0 aromatic heterocycles. The SMILES string of the molecule is CCCCCCCCC/C=C\CCCCCCCCCC(=O)OCCCCCCCCCCCCC/C=C\C/C=C\CCCCCCCCCCCCCCCCCCCC(=O)NC(CO)C(O)CCCCCCCCCCCCCCCCCCCCCCCCCCC. The third-order valence-corrected chi connectivity index (χ3v) is 20.7. The molecule has 0 rings (SSSR count). The van der Waals surface area contributed by atoms with Crippen molar-refractivity contribution in [3.8, 4) is 0 Å². The van der Waals surface area contributed by atoms with E-state index < -0.39 is 12.1 Å². The van der Waals surface area contributed by atoms with Crippen LogP contribution in [0.25, 0.3) is 0 Å². The normalized spacial score (nSPS) is 12.6. The predicted octanol–water partition coefficient (Wildman–Crippen LogP) is 29.3. The van der Waals surface area contributed by atoms with Crippen LogP contribution in [0.2, 0.25) is 0 Å². The van der Waals surface area contributed by atoms with Gasteiger partial charge in [0.2, 0.25) is 5.91 Å². The Morgan fingerprint density at radius 1 is 0.295 bits per heavy atom. The number of unbranched alkanes of at least 4 members (excludes halogenated alkanes) is 66. The van der Waals surface area contributed by atoms with Crippen LogP contribution in [0.3, 0.4) is 0 Å². The molecule has 2 unspecified atom stereocenters. The fourth-order valence-electron chi connectivity index (χ4n) is 14.0. The van der Waals surface area contributed by atoms with Crippen molar-refractivity contribution >= 4 is 11.9 Å². The number of amides is 1. The molecule has 0 bridgehead atoms. The van der Waals surface area contributed by atoms with E-state index in [1.54, 1.807) is 0 Å². The first-order valence-corrected chi connectivity index (χ1v) is 43.7. The average Bonchev–Trinajstić information content (AvgIpc) is 3.31. The molecule has 0 spiro atoms. The first kappa shape index (κ1) is 93.1. The first-order valence-electron chi connectivity index (χ1n) is 43.7. The van der Waals surface area contributed by atoms with Crippen LogP contribution in [0.15, 0.2) is 36.5 Å². The number of allylic oxidation sites excluding steroid dienone is 6. The Hall–Kier alpha value is -1.92. The summed E-state index contributed by atoms with van der Waals surface area (Å²) in [7, 11) is 0. The van der Waals surface area contributed by atoms with Crippen LogP contribution in [0, 0.1) is 0 Å². The number of ether oxygens (including phenoxy) is 1. The van der Waals surface area contributed by atoms with Gasteiger partial charge >= 0.3 is 5.97 Å². The Morgan fingerprint density at radius 2 is 0.526 bits per heavy atom. The Balaban J connectivity index is 3.37. The Bertz CT molecular complexity index is 1540. The summed E-state index contributed by atoms with van der Waals surface area (Å²) in [6, 6.07) is -0.542. The molecule has 0 fully saturated rings. The van der Waals surface area contributed by atoms with Crippen LogP contribution in [0.1, 0.15) is 495 Å². The minimum absolute atomic E-state index is 0.0150. The van der Waals surface area contributed by atoms with Crippen LogP contribution >= 0.6 is 0 Å². The molecule has 0 saturated heterocycles. The number of aliphatic hydroxyl groups is 2. The zero-order valence-corrected chi connectivity index (χ0v) is 64.7. The molecule has 0 aliphatic heterocycles. The molecule has 562 valence electrons. The quantitative estimate of drug-likeness (QED) is 0.0320. The van der Waals surface area contributed by atoms with E-state index in [0.717, 1.165) is 51.4 Å². The fraction of sp³-hybridized carbons (Fsp3) is 0.910. The third-order valence-electron chi connectivity index (χ3n) is 20.7. The number of rotatable bonds is 83. The van der Waals surface area contributed by atoms with Gasteiger partial charge < -0.3 is 20.3 Å². The van der Waals surface area contributed by atoms with Crippen LogP contribution in [0.5, 0.6) is 0 Å². The monoisotopic (exact) mass is 1330 g/mol. The maximum Gasteiger partial charge on any atom is 0.305 e. The number of esters is 1. The van der Waals surface area contributed by atoms with Gasteiger partial charge in [0.15, 0.2) is 0 Å². The lowest BCUT2D eigenvalue weighted by atomic mass is 10.0. The maximum absolute atomic E-state index is 12.6. The smallest absolute Gasteiger partial charge is 0.305 e. The third kappa shape index (κ3) is 80.9. The molecule has 0 aromatic carbocycles. The van der Waals surface area contributed by atoms with Gasteiger partial charge in [-0.25, -0.2) is 0 Å². The highest BCUT2D eigenvalue weighted by Gasteiger charge is 2.20. The molecule has 0 aliphatic carbocycles. The highest BCUT2D eigenvalue weighted by molar-refractivity contribution is 5.76. The molecule has 0 aliphatic rings. The van der Waals surface area contributed by atoms with E-state index in [0.29, 0.717) is 25.9 Å². The second kappa shape index (κ2) is 84.5. The molecule has 0 saturated carbocycles. The molecule has 2 atom stereocenters. The van der Waals surface area contributed by atoms with Gasteiger partial charge in [-0.1, -0.05) is 436 Å². The standard InChI is InChI=1S/C89H171NO5/c1-3-5-7-9-11-13-15-17-19-21-23-24-25-37-40-43-46-49-53-57-61-65-69-73-77-81-87(92)86(85-91)90-88(93)82-78-74-70-66-62-58-54-50-47-44-41-38-35-33-31-29-27-26-28-30-32-34-36-39-42-45-48-52-56-60-64-68-72-76-80-84-95-89(94)83-79-75-71-67-63-59-55-51-22-20-18-16-14-12-10-8-6-4-2/h20,22,28,30,34,36,86-87,91-92H,3-19,21,23-27,29,31-33,35,37-85H2,1-2H3,(H,90,93)/b22-20-,30-28-,36-34-. The topological polar surface area (TPSA) is 95.9 Å². The molecule has 0 aromatic rings. The summed E-state index contributed by atoms with van der Waals surface area (Å²) in [6.45, 7) is 5.01. The van der Waals surface area contributed by atoms with Crippen molar-refractivity contribution in [2.24, 2.45) is 0 Å². The van der Waals surface area contributed by atoms with E-state index in [1.807, 2.05) is 0 Å². The lowest BCUT2D eigenvalue weighted by molar-refractivity contribution is -0.143. The molecule has 0 radical (unpaired) electrons. The Morgan fingerprint density at radius 3 is 0.811 bits per heavy atom. The summed E-state index contributed by atoms with van der Waals surface area (Å²) < 4.78 is 5.51. The van der Waals surface area contributed by atoms with Gasteiger partial charge in [0.1, 0.15) is 0 Å². The summed E-state index contributed by atoms with van der Waals surface area (Å²) >= 11 is 0. The van der Waals surface area contributed by atoms with Crippen molar-refractivity contribution in [1.29, 1.82) is 0 Å². The minimum atomic E-state index is -0.665. The highest BCUT2D eigenvalue weighted by Crippen LogP contribution is 2.21. The van der Waals surface area contributed by atoms with Crippen molar-refractivity contribution in [3.05, 3.63) is 36.5 Å². The average molecular weight is 1340 g/mol. The van der Waals surface area contributed by atoms with Crippen molar-refractivity contribution in [2.45, 2.75) is 508 Å². The zero-order chi connectivity index (χ0) is 68.4. The van der Waals surface area contributed by atoms with Gasteiger partial charge in [-0.05, 0) is 83.5 Å². The largest absolute Gasteiger partial charge is 0.466 e. The summed E-state index contributed by atoms with van der Waals surface area (Å²) in [5.74, 6) is -0.0116. The van der Waals surface area contributed by atoms with Gasteiger partial charge in [0, 0.05) is 12.8 Å². The minimum Gasteiger partial charge on any atom is -0.466 e. The zero-order valence-electron chi connectivity index (χ0n) is 64.7. The number of carbonyl (C=O) groups excluding carboxylic acids is 2. The van der Waals surface area contributed by atoms with Crippen LogP contribution in [0.4, 0.5) is 0 Å². The number of carbonyl (C=O) groups is 2. The van der Waals surface area contributed by atoms with Crippen molar-refractivity contribution in [1.82, 2.24) is 5.32 Å². The highest BCUT2D eigenvalue weighted by atomic mass is 16.5. The Kier molecular flexibility index (Phi) is 82.8. The molecule has 6 heteroatoms. The summed E-state index contributed by atoms with van der Waals surface area (Å²) in [5.41, 5.74) is 0.